The van der Waals surface area contributed by atoms with Crippen molar-refractivity contribution in [2.45, 2.75) is 34.5 Å². The van der Waals surface area contributed by atoms with Crippen LogP contribution in [0.15, 0.2) is 99.6 Å². The van der Waals surface area contributed by atoms with Crippen LogP contribution >= 0.6 is 0 Å². The van der Waals surface area contributed by atoms with Crippen molar-refractivity contribution in [2.24, 2.45) is 0 Å². The van der Waals surface area contributed by atoms with Crippen molar-refractivity contribution in [1.82, 2.24) is 0 Å². The highest BCUT2D eigenvalue weighted by atomic mass is 32.2. The molecule has 0 radical (unpaired) electrons. The van der Waals surface area contributed by atoms with E-state index in [9.17, 15) is 0 Å². The third-order valence-corrected chi connectivity index (χ3v) is 6.05. The van der Waals surface area contributed by atoms with Gasteiger partial charge < -0.3 is 9.29 Å². The van der Waals surface area contributed by atoms with Gasteiger partial charge in [-0.25, -0.2) is 8.42 Å². The molecule has 4 nitrogen and oxygen atoms in total. The van der Waals surface area contributed by atoms with Gasteiger partial charge in [-0.3, -0.25) is 0 Å². The average Bonchev–Trinajstić information content (AvgIpc) is 2.70. The standard InChI is InChI=1S/C22H23OS.CH4O3S/c1-2-3-18-23-21-16-10-11-17-22(21)24(19-12-6-4-7-13-19)20-14-8-5-9-15-20;1-5(2,3)4/h4-17H,2-3,18H2,1H3;1H3,(H,2,3,4)/q+1;/p-1. The molecule has 0 spiro atoms. The molecule has 0 aliphatic carbocycles. The van der Waals surface area contributed by atoms with Crippen LogP contribution in [0, 0.1) is 0 Å². The normalized spacial score (nSPS) is 10.9. The summed E-state index contributed by atoms with van der Waals surface area (Å²) in [5, 5.41) is 0. The Hall–Kier alpha value is -2.28. The fourth-order valence-electron chi connectivity index (χ4n) is 2.57. The van der Waals surface area contributed by atoms with Gasteiger partial charge in [0.1, 0.15) is 10.9 Å². The van der Waals surface area contributed by atoms with E-state index in [4.69, 9.17) is 17.7 Å². The van der Waals surface area contributed by atoms with Crippen molar-refractivity contribution in [3.05, 3.63) is 84.9 Å². The molecular formula is C23H26O4S2. The van der Waals surface area contributed by atoms with Crippen LogP contribution in [-0.2, 0) is 21.0 Å². The third kappa shape index (κ3) is 8.31. The quantitative estimate of drug-likeness (QED) is 0.296. The van der Waals surface area contributed by atoms with Gasteiger partial charge in [0.2, 0.25) is 4.90 Å². The summed E-state index contributed by atoms with van der Waals surface area (Å²) in [6.45, 7) is 2.96. The van der Waals surface area contributed by atoms with Gasteiger partial charge >= 0.3 is 0 Å². The topological polar surface area (TPSA) is 66.4 Å². The Morgan fingerprint density at radius 3 is 1.76 bits per heavy atom. The van der Waals surface area contributed by atoms with E-state index < -0.39 is 10.1 Å². The van der Waals surface area contributed by atoms with E-state index in [0.29, 0.717) is 6.26 Å². The molecule has 0 aromatic heterocycles. The fourth-order valence-corrected chi connectivity index (χ4v) is 4.75. The highest BCUT2D eigenvalue weighted by molar-refractivity contribution is 7.97. The van der Waals surface area contributed by atoms with E-state index in [1.54, 1.807) is 0 Å². The van der Waals surface area contributed by atoms with Crippen molar-refractivity contribution in [2.75, 3.05) is 12.9 Å². The highest BCUT2D eigenvalue weighted by Gasteiger charge is 2.31. The molecule has 0 fully saturated rings. The monoisotopic (exact) mass is 430 g/mol. The summed E-state index contributed by atoms with van der Waals surface area (Å²) >= 11 is 0. The minimum Gasteiger partial charge on any atom is -0.748 e. The molecule has 6 heteroatoms. The molecule has 154 valence electrons. The van der Waals surface area contributed by atoms with Crippen LogP contribution in [0.3, 0.4) is 0 Å². The summed E-state index contributed by atoms with van der Waals surface area (Å²) in [6.07, 6.45) is 2.83. The lowest BCUT2D eigenvalue weighted by Gasteiger charge is -2.12. The van der Waals surface area contributed by atoms with Crippen LogP contribution in [0.1, 0.15) is 19.8 Å². The van der Waals surface area contributed by atoms with Gasteiger partial charge in [-0.2, -0.15) is 0 Å². The molecule has 0 atom stereocenters. The molecule has 0 aliphatic heterocycles. The van der Waals surface area contributed by atoms with Crippen molar-refractivity contribution in [3.63, 3.8) is 0 Å². The van der Waals surface area contributed by atoms with Gasteiger partial charge in [-0.1, -0.05) is 61.9 Å². The lowest BCUT2D eigenvalue weighted by molar-refractivity contribution is 0.302. The van der Waals surface area contributed by atoms with Gasteiger partial charge in [0.05, 0.1) is 16.7 Å². The molecule has 0 aliphatic rings. The van der Waals surface area contributed by atoms with E-state index in [1.807, 2.05) is 0 Å². The van der Waals surface area contributed by atoms with Crippen molar-refractivity contribution >= 4 is 21.0 Å². The highest BCUT2D eigenvalue weighted by Crippen LogP contribution is 2.36. The van der Waals surface area contributed by atoms with Crippen molar-refractivity contribution in [1.29, 1.82) is 0 Å². The Kier molecular flexibility index (Phi) is 9.25. The van der Waals surface area contributed by atoms with Crippen LogP contribution in [0.5, 0.6) is 5.75 Å². The lowest BCUT2D eigenvalue weighted by atomic mass is 10.3. The number of rotatable bonds is 7. The molecule has 29 heavy (non-hydrogen) atoms. The molecule has 3 aromatic rings. The number of benzene rings is 3. The summed E-state index contributed by atoms with van der Waals surface area (Å²) in [4.78, 5) is 3.89. The molecule has 3 rings (SSSR count). The summed E-state index contributed by atoms with van der Waals surface area (Å²) in [5.41, 5.74) is 0. The Bertz CT molecular complexity index is 911. The second kappa shape index (κ2) is 11.7. The zero-order valence-corrected chi connectivity index (χ0v) is 18.3. The molecule has 0 saturated heterocycles. The van der Waals surface area contributed by atoms with Crippen LogP contribution in [0.2, 0.25) is 0 Å². The molecule has 0 heterocycles. The van der Waals surface area contributed by atoms with Crippen LogP contribution in [0.25, 0.3) is 0 Å². The fraction of sp³-hybridized carbons (Fsp3) is 0.217. The second-order valence-electron chi connectivity index (χ2n) is 6.29. The Morgan fingerprint density at radius 1 is 0.828 bits per heavy atom. The Labute approximate surface area is 176 Å². The number of ether oxygens (including phenoxy) is 1. The first kappa shape index (κ1) is 23.0. The first-order chi connectivity index (χ1) is 13.9. The van der Waals surface area contributed by atoms with Gasteiger partial charge in [-0.05, 0) is 42.8 Å². The van der Waals surface area contributed by atoms with E-state index in [0.717, 1.165) is 25.2 Å². The van der Waals surface area contributed by atoms with Crippen molar-refractivity contribution < 1.29 is 17.7 Å². The van der Waals surface area contributed by atoms with E-state index in [-0.39, 0.29) is 10.9 Å². The minimum atomic E-state index is -3.92. The van der Waals surface area contributed by atoms with E-state index >= 15 is 0 Å². The van der Waals surface area contributed by atoms with Crippen molar-refractivity contribution in [3.8, 4) is 5.75 Å². The first-order valence-corrected chi connectivity index (χ1v) is 12.4. The van der Waals surface area contributed by atoms with Gasteiger partial charge in [0.25, 0.3) is 0 Å². The smallest absolute Gasteiger partial charge is 0.208 e. The SMILES string of the molecule is CCCCOc1ccccc1[S+](c1ccccc1)c1ccccc1.CS(=O)(=O)[O-]. The molecule has 0 bridgehead atoms. The Balaban J connectivity index is 0.000000537. The maximum atomic E-state index is 9.08. The summed E-state index contributed by atoms with van der Waals surface area (Å²) in [7, 11) is -4.07. The van der Waals surface area contributed by atoms with Gasteiger partial charge in [-0.15, -0.1) is 0 Å². The predicted molar refractivity (Wildman–Crippen MR) is 118 cm³/mol. The zero-order valence-electron chi connectivity index (χ0n) is 16.7. The van der Waals surface area contributed by atoms with Gasteiger partial charge in [0, 0.05) is 6.26 Å². The summed E-state index contributed by atoms with van der Waals surface area (Å²) in [5.74, 6) is 1.00. The number of unbranched alkanes of at least 4 members (excludes halogenated alkanes) is 1. The molecule has 3 aromatic carbocycles. The maximum Gasteiger partial charge on any atom is 0.208 e. The summed E-state index contributed by atoms with van der Waals surface area (Å²) in [6, 6.07) is 29.9. The van der Waals surface area contributed by atoms with Crippen LogP contribution < -0.4 is 4.74 Å². The number of hydrogen-bond acceptors (Lipinski definition) is 4. The first-order valence-electron chi connectivity index (χ1n) is 9.37. The summed E-state index contributed by atoms with van der Waals surface area (Å²) < 4.78 is 33.3. The predicted octanol–water partition coefficient (Wildman–Crippen LogP) is 5.12. The zero-order chi connectivity index (χ0) is 21.1. The maximum absolute atomic E-state index is 9.08. The minimum absolute atomic E-state index is 0.157. The average molecular weight is 431 g/mol. The van der Waals surface area contributed by atoms with Crippen LogP contribution in [0.4, 0.5) is 0 Å². The lowest BCUT2D eigenvalue weighted by Crippen LogP contribution is -2.08. The van der Waals surface area contributed by atoms with E-state index in [2.05, 4.69) is 91.9 Å². The molecule has 0 saturated carbocycles. The molecule has 0 unspecified atom stereocenters. The third-order valence-electron chi connectivity index (χ3n) is 3.78. The molecular weight excluding hydrogens is 404 g/mol. The Morgan fingerprint density at radius 2 is 1.28 bits per heavy atom. The van der Waals surface area contributed by atoms with Gasteiger partial charge in [0.15, 0.2) is 15.5 Å². The number of hydrogen-bond donors (Lipinski definition) is 0. The number of para-hydroxylation sites is 1. The van der Waals surface area contributed by atoms with Crippen LogP contribution in [-0.4, -0.2) is 25.8 Å². The molecule has 0 amide bonds. The largest absolute Gasteiger partial charge is 0.748 e. The van der Waals surface area contributed by atoms with E-state index in [1.165, 1.54) is 14.7 Å². The molecule has 0 N–H and O–H groups in total. The second-order valence-corrected chi connectivity index (χ2v) is 9.69.